The number of aryl methyl sites for hydroxylation is 1. The molecule has 25 heavy (non-hydrogen) atoms. The maximum atomic E-state index is 12.6. The number of nitrogens with zero attached hydrogens (tertiary/aromatic N) is 3. The number of hydrogen-bond acceptors (Lipinski definition) is 5. The maximum Gasteiger partial charge on any atom is 0.264 e. The van der Waals surface area contributed by atoms with Crippen molar-refractivity contribution in [1.29, 1.82) is 0 Å². The van der Waals surface area contributed by atoms with Crippen LogP contribution in [0.3, 0.4) is 0 Å². The smallest absolute Gasteiger partial charge is 0.264 e. The lowest BCUT2D eigenvalue weighted by atomic mass is 10.1. The average molecular weight is 342 g/mol. The molecule has 2 aliphatic heterocycles. The molecule has 2 atom stereocenters. The third-order valence-electron chi connectivity index (χ3n) is 4.64. The normalized spacial score (nSPS) is 21.7. The van der Waals surface area contributed by atoms with Crippen LogP contribution in [0, 0.1) is 0 Å². The van der Waals surface area contributed by atoms with Crippen LogP contribution >= 0.6 is 0 Å². The molecule has 132 valence electrons. The van der Waals surface area contributed by atoms with Crippen LogP contribution in [0.2, 0.25) is 0 Å². The van der Waals surface area contributed by atoms with Crippen LogP contribution in [0.4, 0.5) is 0 Å². The third-order valence-corrected chi connectivity index (χ3v) is 4.64. The van der Waals surface area contributed by atoms with Gasteiger partial charge in [0.05, 0.1) is 0 Å². The summed E-state index contributed by atoms with van der Waals surface area (Å²) >= 11 is 0. The maximum absolute atomic E-state index is 12.6. The summed E-state index contributed by atoms with van der Waals surface area (Å²) in [5, 5.41) is 11.6. The number of nitrogens with one attached hydrogen (secondary N) is 1. The zero-order valence-electron chi connectivity index (χ0n) is 14.4. The van der Waals surface area contributed by atoms with Crippen LogP contribution < -0.4 is 14.8 Å². The van der Waals surface area contributed by atoms with E-state index in [2.05, 4.69) is 33.9 Å². The van der Waals surface area contributed by atoms with E-state index in [4.69, 9.17) is 9.47 Å². The summed E-state index contributed by atoms with van der Waals surface area (Å²) in [5.41, 5.74) is 0. The Labute approximate surface area is 146 Å². The fourth-order valence-corrected chi connectivity index (χ4v) is 3.34. The van der Waals surface area contributed by atoms with Crippen LogP contribution in [-0.2, 0) is 17.8 Å². The number of carbonyl (C=O) groups excluding carboxylic acids is 1. The molecule has 7 nitrogen and oxygen atoms in total. The first-order chi connectivity index (χ1) is 12.1. The van der Waals surface area contributed by atoms with Crippen molar-refractivity contribution in [3.8, 4) is 11.5 Å². The van der Waals surface area contributed by atoms with Gasteiger partial charge in [-0.25, -0.2) is 0 Å². The van der Waals surface area contributed by atoms with Crippen LogP contribution in [-0.4, -0.2) is 39.4 Å². The van der Waals surface area contributed by atoms with E-state index in [1.807, 2.05) is 24.3 Å². The highest BCUT2D eigenvalue weighted by atomic mass is 16.6. The molecule has 0 bridgehead atoms. The highest BCUT2D eigenvalue weighted by Crippen LogP contribution is 2.31. The molecular formula is C18H22N4O3. The zero-order chi connectivity index (χ0) is 17.4. The summed E-state index contributed by atoms with van der Waals surface area (Å²) in [5.74, 6) is 3.44. The first kappa shape index (κ1) is 15.9. The third kappa shape index (κ3) is 3.06. The fourth-order valence-electron chi connectivity index (χ4n) is 3.34. The largest absolute Gasteiger partial charge is 0.485 e. The molecule has 0 spiro atoms. The van der Waals surface area contributed by atoms with Gasteiger partial charge >= 0.3 is 0 Å². The van der Waals surface area contributed by atoms with Crippen LogP contribution in [0.5, 0.6) is 11.5 Å². The first-order valence-electron chi connectivity index (χ1n) is 8.72. The summed E-state index contributed by atoms with van der Waals surface area (Å²) in [7, 11) is 0. The van der Waals surface area contributed by atoms with Gasteiger partial charge in [-0.15, -0.1) is 10.2 Å². The SMILES string of the molecule is CC(C)c1nnc2n1CC(NC(=O)C1COc3ccccc3O1)CC2. The van der Waals surface area contributed by atoms with E-state index in [0.29, 0.717) is 24.0 Å². The summed E-state index contributed by atoms with van der Waals surface area (Å²) in [6.45, 7) is 5.13. The second-order valence-electron chi connectivity index (χ2n) is 6.85. The van der Waals surface area contributed by atoms with Crippen LogP contribution in [0.15, 0.2) is 24.3 Å². The molecule has 0 aliphatic carbocycles. The first-order valence-corrected chi connectivity index (χ1v) is 8.72. The lowest BCUT2D eigenvalue weighted by Crippen LogP contribution is -2.50. The molecule has 0 radical (unpaired) electrons. The minimum Gasteiger partial charge on any atom is -0.485 e. The lowest BCUT2D eigenvalue weighted by molar-refractivity contribution is -0.131. The lowest BCUT2D eigenvalue weighted by Gasteiger charge is -2.29. The number of carbonyl (C=O) groups is 1. The number of rotatable bonds is 3. The van der Waals surface area contributed by atoms with Gasteiger partial charge < -0.3 is 19.4 Å². The number of aromatic nitrogens is 3. The quantitative estimate of drug-likeness (QED) is 0.918. The van der Waals surface area contributed by atoms with E-state index >= 15 is 0 Å². The monoisotopic (exact) mass is 342 g/mol. The van der Waals surface area contributed by atoms with E-state index in [9.17, 15) is 4.79 Å². The number of amides is 1. The summed E-state index contributed by atoms with van der Waals surface area (Å²) in [6.07, 6.45) is 1.04. The Morgan fingerprint density at radius 1 is 1.28 bits per heavy atom. The molecule has 2 aliphatic rings. The zero-order valence-corrected chi connectivity index (χ0v) is 14.4. The summed E-state index contributed by atoms with van der Waals surface area (Å²) in [4.78, 5) is 12.6. The fraction of sp³-hybridized carbons (Fsp3) is 0.500. The van der Waals surface area contributed by atoms with E-state index < -0.39 is 6.10 Å². The van der Waals surface area contributed by atoms with Crippen molar-refractivity contribution < 1.29 is 14.3 Å². The molecule has 1 N–H and O–H groups in total. The molecule has 4 rings (SSSR count). The molecular weight excluding hydrogens is 320 g/mol. The molecule has 1 aromatic heterocycles. The van der Waals surface area contributed by atoms with Gasteiger partial charge in [0.2, 0.25) is 6.10 Å². The Bertz CT molecular complexity index is 786. The molecule has 1 amide bonds. The minimum atomic E-state index is -0.623. The van der Waals surface area contributed by atoms with Crippen LogP contribution in [0.25, 0.3) is 0 Å². The minimum absolute atomic E-state index is 0.0503. The van der Waals surface area contributed by atoms with Crippen molar-refractivity contribution in [1.82, 2.24) is 20.1 Å². The average Bonchev–Trinajstić information content (AvgIpc) is 3.04. The van der Waals surface area contributed by atoms with E-state index in [-0.39, 0.29) is 18.6 Å². The van der Waals surface area contributed by atoms with Gasteiger partial charge in [0.1, 0.15) is 18.3 Å². The second-order valence-corrected chi connectivity index (χ2v) is 6.85. The Morgan fingerprint density at radius 3 is 2.88 bits per heavy atom. The number of ether oxygens (including phenoxy) is 2. The molecule has 2 aromatic rings. The molecule has 3 heterocycles. The molecule has 0 saturated heterocycles. The predicted octanol–water partition coefficient (Wildman–Crippen LogP) is 1.67. The number of fused-ring (bicyclic) bond motifs is 2. The molecule has 7 heteroatoms. The highest BCUT2D eigenvalue weighted by Gasteiger charge is 2.31. The van der Waals surface area contributed by atoms with Gasteiger partial charge in [0.25, 0.3) is 5.91 Å². The van der Waals surface area contributed by atoms with Crippen molar-refractivity contribution in [2.45, 2.75) is 51.3 Å². The van der Waals surface area contributed by atoms with E-state index in [1.165, 1.54) is 0 Å². The second kappa shape index (κ2) is 6.38. The van der Waals surface area contributed by atoms with Crippen LogP contribution in [0.1, 0.15) is 37.8 Å². The number of para-hydroxylation sites is 2. The van der Waals surface area contributed by atoms with Gasteiger partial charge in [-0.1, -0.05) is 26.0 Å². The predicted molar refractivity (Wildman–Crippen MR) is 90.7 cm³/mol. The Morgan fingerprint density at radius 2 is 2.08 bits per heavy atom. The molecule has 0 saturated carbocycles. The van der Waals surface area contributed by atoms with Gasteiger partial charge in [-0.05, 0) is 18.6 Å². The van der Waals surface area contributed by atoms with Gasteiger partial charge in [0.15, 0.2) is 11.5 Å². The Hall–Kier alpha value is -2.57. The Kier molecular flexibility index (Phi) is 4.07. The summed E-state index contributed by atoms with van der Waals surface area (Å²) in [6, 6.07) is 7.45. The van der Waals surface area contributed by atoms with Gasteiger partial charge in [-0.3, -0.25) is 4.79 Å². The molecule has 1 aromatic carbocycles. The van der Waals surface area contributed by atoms with Crippen molar-refractivity contribution in [3.63, 3.8) is 0 Å². The number of benzene rings is 1. The topological polar surface area (TPSA) is 78.3 Å². The Balaban J connectivity index is 1.41. The number of hydrogen-bond donors (Lipinski definition) is 1. The molecule has 0 fully saturated rings. The van der Waals surface area contributed by atoms with Crippen molar-refractivity contribution in [2.75, 3.05) is 6.61 Å². The van der Waals surface area contributed by atoms with E-state index in [0.717, 1.165) is 24.5 Å². The summed E-state index contributed by atoms with van der Waals surface area (Å²) < 4.78 is 13.5. The van der Waals surface area contributed by atoms with Crippen molar-refractivity contribution in [3.05, 3.63) is 35.9 Å². The highest BCUT2D eigenvalue weighted by molar-refractivity contribution is 5.82. The van der Waals surface area contributed by atoms with Gasteiger partial charge in [-0.2, -0.15) is 0 Å². The van der Waals surface area contributed by atoms with Gasteiger partial charge in [0, 0.05) is 24.9 Å². The van der Waals surface area contributed by atoms with E-state index in [1.54, 1.807) is 0 Å². The standard InChI is InChI=1S/C18H22N4O3/c1-11(2)17-21-20-16-8-7-12(9-22(16)17)19-18(23)15-10-24-13-5-3-4-6-14(13)25-15/h3-6,11-12,15H,7-10H2,1-2H3,(H,19,23). The van der Waals surface area contributed by atoms with Crippen molar-refractivity contribution in [2.24, 2.45) is 0 Å². The van der Waals surface area contributed by atoms with Crippen molar-refractivity contribution >= 4 is 5.91 Å². The molecule has 2 unspecified atom stereocenters.